The molecule has 1 aliphatic heterocycles. The predicted octanol–water partition coefficient (Wildman–Crippen LogP) is -0.0717. The van der Waals surface area contributed by atoms with Crippen LogP contribution in [0.1, 0.15) is 25.6 Å². The van der Waals surface area contributed by atoms with Crippen LogP contribution in [0, 0.1) is 5.92 Å². The summed E-state index contributed by atoms with van der Waals surface area (Å²) in [5, 5.41) is 22.0. The third-order valence-corrected chi connectivity index (χ3v) is 6.63. The van der Waals surface area contributed by atoms with Crippen molar-refractivity contribution in [2.45, 2.75) is 31.7 Å². The lowest BCUT2D eigenvalue weighted by molar-refractivity contribution is -0.118. The lowest BCUT2D eigenvalue weighted by Crippen LogP contribution is -2.23. The summed E-state index contributed by atoms with van der Waals surface area (Å²) in [6.07, 6.45) is 1.44. The second kappa shape index (κ2) is 6.54. The molecule has 1 fully saturated rings. The van der Waals surface area contributed by atoms with Gasteiger partial charge in [0.25, 0.3) is 5.56 Å². The Balaban J connectivity index is 2.05. The summed E-state index contributed by atoms with van der Waals surface area (Å²) in [5.74, 6) is 0.277. The van der Waals surface area contributed by atoms with Gasteiger partial charge in [0.15, 0.2) is 11.2 Å². The molecule has 0 spiro atoms. The van der Waals surface area contributed by atoms with Gasteiger partial charge in [0.05, 0.1) is 23.7 Å². The fourth-order valence-electron chi connectivity index (χ4n) is 2.78. The van der Waals surface area contributed by atoms with Crippen molar-refractivity contribution in [3.63, 3.8) is 0 Å². The molecule has 1 amide bonds. The molecule has 3 atom stereocenters. The molecule has 3 heterocycles. The predicted molar refractivity (Wildman–Crippen MR) is 92.2 cm³/mol. The number of hydrogen-bond donors (Lipinski definition) is 5. The van der Waals surface area contributed by atoms with Gasteiger partial charge in [-0.2, -0.15) is 4.98 Å². The Morgan fingerprint density at radius 1 is 1.58 bits per heavy atom. The fraction of sp³-hybridized carbons (Fsp3) is 0.571. The SMILES string of the molecule is CC(C)C(=O)Nc1nc2c(ncn2[C@H]2[C@H](O)CC[SH]2CO)c(=O)[nH]1. The highest BCUT2D eigenvalue weighted by molar-refractivity contribution is 8.17. The number of carbonyl (C=O) groups excluding carboxylic acids is 1. The van der Waals surface area contributed by atoms with Crippen LogP contribution in [0.4, 0.5) is 5.95 Å². The molecule has 0 radical (unpaired) electrons. The quantitative estimate of drug-likeness (QED) is 0.488. The van der Waals surface area contributed by atoms with Crippen LogP contribution in [0.5, 0.6) is 0 Å². The highest BCUT2D eigenvalue weighted by atomic mass is 32.2. The average Bonchev–Trinajstić information content (AvgIpc) is 3.10. The second-order valence-electron chi connectivity index (χ2n) is 6.11. The smallest absolute Gasteiger partial charge is 0.280 e. The van der Waals surface area contributed by atoms with Gasteiger partial charge in [-0.25, -0.2) is 15.9 Å². The Labute approximate surface area is 140 Å². The molecule has 2 aromatic rings. The van der Waals surface area contributed by atoms with Crippen molar-refractivity contribution >= 4 is 33.9 Å². The van der Waals surface area contributed by atoms with Gasteiger partial charge in [0.2, 0.25) is 11.9 Å². The molecule has 4 N–H and O–H groups in total. The van der Waals surface area contributed by atoms with Gasteiger partial charge in [-0.3, -0.25) is 19.9 Å². The zero-order valence-corrected chi connectivity index (χ0v) is 14.3. The molecule has 3 rings (SSSR count). The van der Waals surface area contributed by atoms with Gasteiger partial charge in [0, 0.05) is 5.92 Å². The zero-order valence-electron chi connectivity index (χ0n) is 13.4. The van der Waals surface area contributed by atoms with Crippen LogP contribution < -0.4 is 10.9 Å². The summed E-state index contributed by atoms with van der Waals surface area (Å²) in [7, 11) is -0.827. The number of H-pyrrole nitrogens is 1. The summed E-state index contributed by atoms with van der Waals surface area (Å²) in [6.45, 7) is 3.47. The molecular weight excluding hydrogens is 334 g/mol. The summed E-state index contributed by atoms with van der Waals surface area (Å²) < 4.78 is 1.65. The van der Waals surface area contributed by atoms with E-state index in [0.29, 0.717) is 12.1 Å². The highest BCUT2D eigenvalue weighted by Crippen LogP contribution is 2.49. The largest absolute Gasteiger partial charge is 0.390 e. The molecule has 0 bridgehead atoms. The monoisotopic (exact) mass is 355 g/mol. The molecule has 24 heavy (non-hydrogen) atoms. The van der Waals surface area contributed by atoms with E-state index in [4.69, 9.17) is 0 Å². The van der Waals surface area contributed by atoms with Crippen molar-refractivity contribution in [3.05, 3.63) is 16.7 Å². The van der Waals surface area contributed by atoms with Crippen LogP contribution in [0.3, 0.4) is 0 Å². The molecule has 1 saturated heterocycles. The number of aromatic nitrogens is 4. The zero-order chi connectivity index (χ0) is 17.4. The molecule has 1 unspecified atom stereocenters. The van der Waals surface area contributed by atoms with Crippen LogP contribution in [0.2, 0.25) is 0 Å². The molecule has 0 aliphatic carbocycles. The number of imidazole rings is 1. The van der Waals surface area contributed by atoms with E-state index in [0.717, 1.165) is 5.75 Å². The van der Waals surface area contributed by atoms with Crippen molar-refractivity contribution in [2.24, 2.45) is 5.92 Å². The average molecular weight is 355 g/mol. The van der Waals surface area contributed by atoms with Crippen LogP contribution >= 0.6 is 10.9 Å². The van der Waals surface area contributed by atoms with Crippen LogP contribution in [-0.2, 0) is 4.79 Å². The number of thiol groups is 1. The van der Waals surface area contributed by atoms with E-state index in [1.165, 1.54) is 6.33 Å². The van der Waals surface area contributed by atoms with E-state index in [1.807, 2.05) is 0 Å². The van der Waals surface area contributed by atoms with Crippen molar-refractivity contribution < 1.29 is 15.0 Å². The first-order valence-electron chi connectivity index (χ1n) is 7.73. The minimum Gasteiger partial charge on any atom is -0.390 e. The van der Waals surface area contributed by atoms with Crippen molar-refractivity contribution in [3.8, 4) is 0 Å². The van der Waals surface area contributed by atoms with Crippen molar-refractivity contribution in [1.29, 1.82) is 0 Å². The van der Waals surface area contributed by atoms with E-state index in [2.05, 4.69) is 20.3 Å². The van der Waals surface area contributed by atoms with Gasteiger partial charge in [-0.15, -0.1) is 0 Å². The third kappa shape index (κ3) is 2.92. The number of hydrogen-bond acceptors (Lipinski definition) is 6. The number of aliphatic hydroxyl groups is 2. The van der Waals surface area contributed by atoms with Crippen LogP contribution in [-0.4, -0.2) is 53.4 Å². The number of nitrogens with zero attached hydrogens (tertiary/aromatic N) is 3. The Kier molecular flexibility index (Phi) is 4.61. The van der Waals surface area contributed by atoms with Gasteiger partial charge < -0.3 is 14.8 Å². The number of fused-ring (bicyclic) bond motifs is 1. The summed E-state index contributed by atoms with van der Waals surface area (Å²) in [4.78, 5) is 34.9. The van der Waals surface area contributed by atoms with Crippen molar-refractivity contribution in [1.82, 2.24) is 19.5 Å². The number of aliphatic hydroxyl groups excluding tert-OH is 2. The minimum atomic E-state index is -0.827. The maximum Gasteiger partial charge on any atom is 0.280 e. The van der Waals surface area contributed by atoms with Crippen LogP contribution in [0.25, 0.3) is 11.2 Å². The fourth-order valence-corrected chi connectivity index (χ4v) is 5.10. The number of carbonyl (C=O) groups is 1. The van der Waals surface area contributed by atoms with Gasteiger partial charge in [-0.05, 0) is 12.2 Å². The molecule has 2 aromatic heterocycles. The first-order chi connectivity index (χ1) is 11.4. The topological polar surface area (TPSA) is 133 Å². The first kappa shape index (κ1) is 16.9. The summed E-state index contributed by atoms with van der Waals surface area (Å²) in [6, 6.07) is 0. The number of amides is 1. The Morgan fingerprint density at radius 2 is 2.33 bits per heavy atom. The Hall–Kier alpha value is -1.91. The molecule has 0 saturated carbocycles. The minimum absolute atomic E-state index is 0.00311. The van der Waals surface area contributed by atoms with Gasteiger partial charge in [-0.1, -0.05) is 13.8 Å². The summed E-state index contributed by atoms with van der Waals surface area (Å²) in [5.41, 5.74) is -0.0205. The lowest BCUT2D eigenvalue weighted by atomic mass is 10.2. The summed E-state index contributed by atoms with van der Waals surface area (Å²) >= 11 is 0. The van der Waals surface area contributed by atoms with Crippen molar-refractivity contribution in [2.75, 3.05) is 17.0 Å². The van der Waals surface area contributed by atoms with E-state index in [9.17, 15) is 19.8 Å². The molecular formula is C14H21N5O4S. The highest BCUT2D eigenvalue weighted by Gasteiger charge is 2.34. The molecule has 0 aromatic carbocycles. The second-order valence-corrected chi connectivity index (χ2v) is 8.54. The standard InChI is InChI=1S/C14H21N5O4S/c1-7(2)11(22)17-14-16-10-9(12(23)18-14)15-5-19(10)13-8(21)3-4-24(13)6-20/h5,7-8,13,20-21,24H,3-4,6H2,1-2H3,(H2,16,17,18,22,23)/t8-,13-/m1/s1. The maximum absolute atomic E-state index is 12.2. The van der Waals surface area contributed by atoms with E-state index in [-0.39, 0.29) is 34.6 Å². The number of nitrogens with one attached hydrogen (secondary N) is 2. The number of rotatable bonds is 4. The van der Waals surface area contributed by atoms with E-state index >= 15 is 0 Å². The molecule has 1 aliphatic rings. The van der Waals surface area contributed by atoms with E-state index in [1.54, 1.807) is 18.4 Å². The maximum atomic E-state index is 12.2. The van der Waals surface area contributed by atoms with Gasteiger partial charge >= 0.3 is 0 Å². The third-order valence-electron chi connectivity index (χ3n) is 4.10. The van der Waals surface area contributed by atoms with Crippen LogP contribution in [0.15, 0.2) is 11.1 Å². The lowest BCUT2D eigenvalue weighted by Gasteiger charge is -2.25. The Morgan fingerprint density at radius 3 is 3.00 bits per heavy atom. The Bertz CT molecular complexity index is 817. The normalized spacial score (nSPS) is 25.5. The van der Waals surface area contributed by atoms with Gasteiger partial charge in [0.1, 0.15) is 0 Å². The molecule has 10 heteroatoms. The molecule has 132 valence electrons. The molecule has 9 nitrogen and oxygen atoms in total. The first-order valence-corrected chi connectivity index (χ1v) is 9.51. The number of aromatic amines is 1. The van der Waals surface area contributed by atoms with E-state index < -0.39 is 22.6 Å². The number of anilines is 1.